The average molecular weight is 305 g/mol. The van der Waals surface area contributed by atoms with Crippen molar-refractivity contribution in [2.45, 2.75) is 26.9 Å². The van der Waals surface area contributed by atoms with Gasteiger partial charge in [-0.25, -0.2) is 9.07 Å². The van der Waals surface area contributed by atoms with Crippen LogP contribution in [0.5, 0.6) is 0 Å². The number of rotatable bonds is 4. The highest BCUT2D eigenvalue weighted by Crippen LogP contribution is 2.18. The largest absolute Gasteiger partial charge is 0.391 e. The highest BCUT2D eigenvalue weighted by atomic mass is 19.1. The topological polar surface area (TPSA) is 67.2 Å². The Morgan fingerprint density at radius 3 is 2.68 bits per heavy atom. The monoisotopic (exact) mass is 305 g/mol. The van der Waals surface area contributed by atoms with Crippen LogP contribution < -0.4 is 5.32 Å². The molecule has 1 atom stereocenters. The molecule has 0 aliphatic rings. The second-order valence-electron chi connectivity index (χ2n) is 6.19. The first-order chi connectivity index (χ1) is 10.3. The van der Waals surface area contributed by atoms with Gasteiger partial charge in [0, 0.05) is 12.7 Å². The number of aliphatic hydroxyl groups is 1. The van der Waals surface area contributed by atoms with Gasteiger partial charge in [-0.05, 0) is 23.6 Å². The zero-order chi connectivity index (χ0) is 16.3. The molecule has 1 aromatic heterocycles. The van der Waals surface area contributed by atoms with Gasteiger partial charge in [-0.3, -0.25) is 4.79 Å². The van der Waals surface area contributed by atoms with E-state index in [4.69, 9.17) is 0 Å². The lowest BCUT2D eigenvalue weighted by Gasteiger charge is -2.25. The minimum Gasteiger partial charge on any atom is -0.391 e. The van der Waals surface area contributed by atoms with Crippen LogP contribution in [0.3, 0.4) is 0 Å². The van der Waals surface area contributed by atoms with Crippen LogP contribution in [0, 0.1) is 11.2 Å². The normalized spacial score (nSPS) is 13.0. The predicted octanol–water partition coefficient (Wildman–Crippen LogP) is 2.15. The number of amides is 1. The van der Waals surface area contributed by atoms with E-state index in [1.165, 1.54) is 23.0 Å². The molecule has 6 heteroatoms. The second-order valence-corrected chi connectivity index (χ2v) is 6.19. The molecule has 0 saturated heterocycles. The van der Waals surface area contributed by atoms with Crippen molar-refractivity contribution in [3.8, 4) is 5.69 Å². The molecule has 2 rings (SSSR count). The third-order valence-corrected chi connectivity index (χ3v) is 3.38. The van der Waals surface area contributed by atoms with E-state index in [1.807, 2.05) is 20.8 Å². The molecule has 22 heavy (non-hydrogen) atoms. The summed E-state index contributed by atoms with van der Waals surface area (Å²) in [5, 5.41) is 16.6. The Balaban J connectivity index is 2.06. The van der Waals surface area contributed by atoms with Crippen LogP contribution in [-0.4, -0.2) is 33.4 Å². The third-order valence-electron chi connectivity index (χ3n) is 3.38. The first-order valence-electron chi connectivity index (χ1n) is 7.06. The van der Waals surface area contributed by atoms with Crippen LogP contribution >= 0.6 is 0 Å². The Morgan fingerprint density at radius 2 is 2.05 bits per heavy atom. The SMILES string of the molecule is CC(C)(C)C(O)CNC(=O)c1ccn(-c2ccccc2F)n1. The van der Waals surface area contributed by atoms with Gasteiger partial charge in [-0.2, -0.15) is 5.10 Å². The summed E-state index contributed by atoms with van der Waals surface area (Å²) >= 11 is 0. The van der Waals surface area contributed by atoms with Crippen LogP contribution in [0.15, 0.2) is 36.5 Å². The maximum absolute atomic E-state index is 13.7. The third kappa shape index (κ3) is 3.71. The molecular formula is C16H20FN3O2. The highest BCUT2D eigenvalue weighted by molar-refractivity contribution is 5.92. The summed E-state index contributed by atoms with van der Waals surface area (Å²) in [7, 11) is 0. The Morgan fingerprint density at radius 1 is 1.36 bits per heavy atom. The zero-order valence-corrected chi connectivity index (χ0v) is 12.9. The molecule has 5 nitrogen and oxygen atoms in total. The molecule has 1 unspecified atom stereocenters. The molecule has 1 heterocycles. The molecule has 0 saturated carbocycles. The fraction of sp³-hybridized carbons (Fsp3) is 0.375. The Bertz CT molecular complexity index is 661. The summed E-state index contributed by atoms with van der Waals surface area (Å²) in [6, 6.07) is 7.69. The van der Waals surface area contributed by atoms with Crippen molar-refractivity contribution in [3.63, 3.8) is 0 Å². The molecule has 1 amide bonds. The number of carbonyl (C=O) groups is 1. The quantitative estimate of drug-likeness (QED) is 0.909. The maximum Gasteiger partial charge on any atom is 0.271 e. The first kappa shape index (κ1) is 16.2. The van der Waals surface area contributed by atoms with E-state index in [1.54, 1.807) is 18.2 Å². The van der Waals surface area contributed by atoms with Gasteiger partial charge in [0.05, 0.1) is 6.10 Å². The van der Waals surface area contributed by atoms with Crippen molar-refractivity contribution in [2.75, 3.05) is 6.54 Å². The zero-order valence-electron chi connectivity index (χ0n) is 12.9. The molecule has 0 bridgehead atoms. The standard InChI is InChI=1S/C16H20FN3O2/c1-16(2,3)14(21)10-18-15(22)12-8-9-20(19-12)13-7-5-4-6-11(13)17/h4-9,14,21H,10H2,1-3H3,(H,18,22). The summed E-state index contributed by atoms with van der Waals surface area (Å²) in [6.07, 6.45) is 0.859. The van der Waals surface area contributed by atoms with Gasteiger partial charge in [0.25, 0.3) is 5.91 Å². The lowest BCUT2D eigenvalue weighted by Crippen LogP contribution is -2.39. The lowest BCUT2D eigenvalue weighted by molar-refractivity contribution is 0.0585. The van der Waals surface area contributed by atoms with Crippen LogP contribution in [0.25, 0.3) is 5.69 Å². The van der Waals surface area contributed by atoms with E-state index < -0.39 is 17.8 Å². The maximum atomic E-state index is 13.7. The smallest absolute Gasteiger partial charge is 0.271 e. The molecular weight excluding hydrogens is 285 g/mol. The highest BCUT2D eigenvalue weighted by Gasteiger charge is 2.23. The van der Waals surface area contributed by atoms with Crippen molar-refractivity contribution < 1.29 is 14.3 Å². The Kier molecular flexibility index (Phi) is 4.61. The summed E-state index contributed by atoms with van der Waals surface area (Å²) < 4.78 is 15.0. The molecule has 0 aliphatic heterocycles. The van der Waals surface area contributed by atoms with Gasteiger partial charge in [-0.15, -0.1) is 0 Å². The number of carbonyl (C=O) groups excluding carboxylic acids is 1. The van der Waals surface area contributed by atoms with Crippen LogP contribution in [0.2, 0.25) is 0 Å². The molecule has 0 spiro atoms. The van der Waals surface area contributed by atoms with Crippen LogP contribution in [0.1, 0.15) is 31.3 Å². The van der Waals surface area contributed by atoms with Gasteiger partial charge >= 0.3 is 0 Å². The number of benzene rings is 1. The van der Waals surface area contributed by atoms with Crippen molar-refractivity contribution in [1.82, 2.24) is 15.1 Å². The number of halogens is 1. The minimum atomic E-state index is -0.662. The van der Waals surface area contributed by atoms with Crippen molar-refractivity contribution in [3.05, 3.63) is 48.0 Å². The molecule has 0 radical (unpaired) electrons. The van der Waals surface area contributed by atoms with E-state index in [2.05, 4.69) is 10.4 Å². The number of para-hydroxylation sites is 1. The van der Waals surface area contributed by atoms with Crippen molar-refractivity contribution >= 4 is 5.91 Å². The first-order valence-corrected chi connectivity index (χ1v) is 7.06. The summed E-state index contributed by atoms with van der Waals surface area (Å²) in [4.78, 5) is 12.0. The Hall–Kier alpha value is -2.21. The molecule has 118 valence electrons. The molecule has 1 aromatic carbocycles. The van der Waals surface area contributed by atoms with E-state index in [-0.39, 0.29) is 23.3 Å². The fourth-order valence-corrected chi connectivity index (χ4v) is 1.80. The van der Waals surface area contributed by atoms with Crippen LogP contribution in [0.4, 0.5) is 4.39 Å². The number of nitrogens with zero attached hydrogens (tertiary/aromatic N) is 2. The molecule has 2 N–H and O–H groups in total. The summed E-state index contributed by atoms with van der Waals surface area (Å²) in [5.41, 5.74) is 0.125. The number of aromatic nitrogens is 2. The molecule has 0 aliphatic carbocycles. The number of hydrogen-bond donors (Lipinski definition) is 2. The van der Waals surface area contributed by atoms with E-state index >= 15 is 0 Å². The lowest BCUT2D eigenvalue weighted by atomic mass is 9.89. The van der Waals surface area contributed by atoms with Gasteiger partial charge in [0.2, 0.25) is 0 Å². The minimum absolute atomic E-state index is 0.134. The van der Waals surface area contributed by atoms with Gasteiger partial charge in [0.15, 0.2) is 5.69 Å². The average Bonchev–Trinajstić information content (AvgIpc) is 2.93. The van der Waals surface area contributed by atoms with Gasteiger partial charge in [-0.1, -0.05) is 32.9 Å². The van der Waals surface area contributed by atoms with E-state index in [9.17, 15) is 14.3 Å². The molecule has 2 aromatic rings. The van der Waals surface area contributed by atoms with E-state index in [0.717, 1.165) is 0 Å². The van der Waals surface area contributed by atoms with Crippen LogP contribution in [-0.2, 0) is 0 Å². The Labute approximate surface area is 128 Å². The number of aliphatic hydroxyl groups excluding tert-OH is 1. The fourth-order valence-electron chi connectivity index (χ4n) is 1.80. The van der Waals surface area contributed by atoms with E-state index in [0.29, 0.717) is 0 Å². The molecule has 0 fully saturated rings. The number of nitrogens with one attached hydrogen (secondary N) is 1. The number of hydrogen-bond acceptors (Lipinski definition) is 3. The van der Waals surface area contributed by atoms with Gasteiger partial charge in [0.1, 0.15) is 11.5 Å². The van der Waals surface area contributed by atoms with Crippen molar-refractivity contribution in [2.24, 2.45) is 5.41 Å². The van der Waals surface area contributed by atoms with Gasteiger partial charge < -0.3 is 10.4 Å². The second kappa shape index (κ2) is 6.27. The predicted molar refractivity (Wildman–Crippen MR) is 81.3 cm³/mol. The summed E-state index contributed by atoms with van der Waals surface area (Å²) in [6.45, 7) is 5.79. The van der Waals surface area contributed by atoms with Crippen molar-refractivity contribution in [1.29, 1.82) is 0 Å². The summed E-state index contributed by atoms with van der Waals surface area (Å²) in [5.74, 6) is -0.820.